The van der Waals surface area contributed by atoms with Crippen LogP contribution in [0.15, 0.2) is 12.2 Å². The molecule has 0 bridgehead atoms. The van der Waals surface area contributed by atoms with Crippen molar-refractivity contribution >= 4 is 18.6 Å². The Bertz CT molecular complexity index is 227. The van der Waals surface area contributed by atoms with Crippen LogP contribution in [-0.4, -0.2) is 18.3 Å². The maximum atomic E-state index is 11.2. The summed E-state index contributed by atoms with van der Waals surface area (Å²) >= 11 is 3.99. The highest BCUT2D eigenvalue weighted by Gasteiger charge is 2.00. The second-order valence-corrected chi connectivity index (χ2v) is 5.31. The van der Waals surface area contributed by atoms with E-state index < -0.39 is 0 Å². The molecule has 0 rings (SSSR count). The Balaban J connectivity index is 3.18. The normalized spacial score (nSPS) is 11.1. The SMILES string of the molecule is CCCCCCC/C=C/CCCCC(=O)OCCS. The minimum Gasteiger partial charge on any atom is -0.465 e. The zero-order valence-corrected chi connectivity index (χ0v) is 13.3. The van der Waals surface area contributed by atoms with Gasteiger partial charge in [0.2, 0.25) is 0 Å². The van der Waals surface area contributed by atoms with Crippen molar-refractivity contribution in [1.29, 1.82) is 0 Å². The van der Waals surface area contributed by atoms with Crippen molar-refractivity contribution in [3.05, 3.63) is 12.2 Å². The molecular formula is C16H30O2S. The quantitative estimate of drug-likeness (QED) is 0.225. The van der Waals surface area contributed by atoms with E-state index in [1.807, 2.05) is 0 Å². The fourth-order valence-corrected chi connectivity index (χ4v) is 1.96. The Kier molecular flexibility index (Phi) is 15.3. The number of carbonyl (C=O) groups is 1. The van der Waals surface area contributed by atoms with Gasteiger partial charge in [-0.25, -0.2) is 0 Å². The first-order valence-corrected chi connectivity index (χ1v) is 8.36. The molecule has 0 atom stereocenters. The van der Waals surface area contributed by atoms with Gasteiger partial charge < -0.3 is 4.74 Å². The molecule has 0 aliphatic carbocycles. The van der Waals surface area contributed by atoms with E-state index in [4.69, 9.17) is 4.74 Å². The van der Waals surface area contributed by atoms with Crippen molar-refractivity contribution in [2.75, 3.05) is 12.4 Å². The predicted octanol–water partition coefficient (Wildman–Crippen LogP) is 4.94. The molecule has 19 heavy (non-hydrogen) atoms. The van der Waals surface area contributed by atoms with E-state index in [9.17, 15) is 4.79 Å². The number of ether oxygens (including phenoxy) is 1. The van der Waals surface area contributed by atoms with Crippen LogP contribution in [-0.2, 0) is 9.53 Å². The zero-order chi connectivity index (χ0) is 14.2. The average Bonchev–Trinajstić information content (AvgIpc) is 2.42. The van der Waals surface area contributed by atoms with Gasteiger partial charge in [0, 0.05) is 12.2 Å². The lowest BCUT2D eigenvalue weighted by molar-refractivity contribution is -0.143. The highest BCUT2D eigenvalue weighted by Crippen LogP contribution is 2.07. The first-order valence-electron chi connectivity index (χ1n) is 7.72. The van der Waals surface area contributed by atoms with Gasteiger partial charge in [-0.3, -0.25) is 4.79 Å². The van der Waals surface area contributed by atoms with E-state index in [-0.39, 0.29) is 5.97 Å². The van der Waals surface area contributed by atoms with Crippen molar-refractivity contribution < 1.29 is 9.53 Å². The molecule has 0 spiro atoms. The summed E-state index contributed by atoms with van der Waals surface area (Å²) in [4.78, 5) is 11.2. The molecule has 0 unspecified atom stereocenters. The minimum absolute atomic E-state index is 0.0889. The number of allylic oxidation sites excluding steroid dienone is 2. The van der Waals surface area contributed by atoms with Gasteiger partial charge in [0.25, 0.3) is 0 Å². The molecule has 0 amide bonds. The van der Waals surface area contributed by atoms with Gasteiger partial charge in [-0.15, -0.1) is 0 Å². The molecule has 2 nitrogen and oxygen atoms in total. The maximum Gasteiger partial charge on any atom is 0.305 e. The molecule has 0 aromatic rings. The monoisotopic (exact) mass is 286 g/mol. The number of hydrogen-bond donors (Lipinski definition) is 1. The van der Waals surface area contributed by atoms with Crippen molar-refractivity contribution in [2.45, 2.75) is 71.1 Å². The van der Waals surface area contributed by atoms with Crippen LogP contribution in [0.25, 0.3) is 0 Å². The Morgan fingerprint density at radius 2 is 1.63 bits per heavy atom. The molecule has 0 radical (unpaired) electrons. The molecule has 0 heterocycles. The first-order chi connectivity index (χ1) is 9.31. The van der Waals surface area contributed by atoms with Gasteiger partial charge in [-0.2, -0.15) is 12.6 Å². The Hall–Kier alpha value is -0.440. The van der Waals surface area contributed by atoms with Crippen molar-refractivity contribution in [3.8, 4) is 0 Å². The van der Waals surface area contributed by atoms with E-state index in [1.165, 1.54) is 38.5 Å². The van der Waals surface area contributed by atoms with E-state index in [1.54, 1.807) is 0 Å². The lowest BCUT2D eigenvalue weighted by atomic mass is 10.1. The summed E-state index contributed by atoms with van der Waals surface area (Å²) in [5.41, 5.74) is 0. The summed E-state index contributed by atoms with van der Waals surface area (Å²) in [6, 6.07) is 0. The van der Waals surface area contributed by atoms with Gasteiger partial charge in [0.05, 0.1) is 0 Å². The minimum atomic E-state index is -0.0889. The molecule has 0 aliphatic rings. The Morgan fingerprint density at radius 3 is 2.26 bits per heavy atom. The topological polar surface area (TPSA) is 26.3 Å². The van der Waals surface area contributed by atoms with Crippen LogP contribution < -0.4 is 0 Å². The molecule has 0 aliphatic heterocycles. The van der Waals surface area contributed by atoms with Crippen LogP contribution in [0.4, 0.5) is 0 Å². The van der Waals surface area contributed by atoms with Gasteiger partial charge in [0.15, 0.2) is 0 Å². The fraction of sp³-hybridized carbons (Fsp3) is 0.812. The summed E-state index contributed by atoms with van der Waals surface area (Å²) < 4.78 is 4.95. The highest BCUT2D eigenvalue weighted by molar-refractivity contribution is 7.80. The fourth-order valence-electron chi connectivity index (χ4n) is 1.86. The van der Waals surface area contributed by atoms with Crippen LogP contribution in [0.5, 0.6) is 0 Å². The Morgan fingerprint density at radius 1 is 1.00 bits per heavy atom. The van der Waals surface area contributed by atoms with Crippen LogP contribution in [0.1, 0.15) is 71.1 Å². The second kappa shape index (κ2) is 15.6. The molecule has 0 saturated heterocycles. The van der Waals surface area contributed by atoms with Gasteiger partial charge in [-0.1, -0.05) is 44.8 Å². The number of carbonyl (C=O) groups excluding carboxylic acids is 1. The summed E-state index contributed by atoms with van der Waals surface area (Å²) in [5, 5.41) is 0. The van der Waals surface area contributed by atoms with Crippen molar-refractivity contribution in [1.82, 2.24) is 0 Å². The second-order valence-electron chi connectivity index (χ2n) is 4.86. The third kappa shape index (κ3) is 15.5. The van der Waals surface area contributed by atoms with Gasteiger partial charge >= 0.3 is 5.97 Å². The van der Waals surface area contributed by atoms with Gasteiger partial charge in [0.1, 0.15) is 6.61 Å². The molecule has 0 aromatic heterocycles. The van der Waals surface area contributed by atoms with E-state index in [0.717, 1.165) is 19.3 Å². The molecular weight excluding hydrogens is 256 g/mol. The van der Waals surface area contributed by atoms with E-state index in [2.05, 4.69) is 31.7 Å². The molecule has 0 aromatic carbocycles. The predicted molar refractivity (Wildman–Crippen MR) is 85.8 cm³/mol. The summed E-state index contributed by atoms with van der Waals surface area (Å²) in [6.07, 6.45) is 16.1. The molecule has 0 N–H and O–H groups in total. The summed E-state index contributed by atoms with van der Waals surface area (Å²) in [7, 11) is 0. The van der Waals surface area contributed by atoms with Crippen molar-refractivity contribution in [3.63, 3.8) is 0 Å². The standard InChI is InChI=1S/C16H30O2S/c1-2-3-4-5-6-7-8-9-10-11-12-13-16(17)18-14-15-19/h8-9,19H,2-7,10-15H2,1H3/b9-8+. The molecule has 3 heteroatoms. The number of rotatable bonds is 13. The largest absolute Gasteiger partial charge is 0.465 e. The lowest BCUT2D eigenvalue weighted by Crippen LogP contribution is -2.06. The van der Waals surface area contributed by atoms with Crippen LogP contribution in [0, 0.1) is 0 Å². The third-order valence-corrected chi connectivity index (χ3v) is 3.18. The summed E-state index contributed by atoms with van der Waals surface area (Å²) in [5.74, 6) is 0.515. The molecule has 112 valence electrons. The van der Waals surface area contributed by atoms with Gasteiger partial charge in [-0.05, 0) is 32.1 Å². The van der Waals surface area contributed by atoms with Crippen molar-refractivity contribution in [2.24, 2.45) is 0 Å². The summed E-state index contributed by atoms with van der Waals surface area (Å²) in [6.45, 7) is 2.67. The molecule has 0 saturated carbocycles. The lowest BCUT2D eigenvalue weighted by Gasteiger charge is -2.01. The van der Waals surface area contributed by atoms with Crippen LogP contribution in [0.2, 0.25) is 0 Å². The van der Waals surface area contributed by atoms with Crippen LogP contribution in [0.3, 0.4) is 0 Å². The first kappa shape index (κ1) is 18.6. The third-order valence-electron chi connectivity index (χ3n) is 3.00. The highest BCUT2D eigenvalue weighted by atomic mass is 32.1. The zero-order valence-electron chi connectivity index (χ0n) is 12.4. The van der Waals surface area contributed by atoms with Crippen LogP contribution >= 0.6 is 12.6 Å². The van der Waals surface area contributed by atoms with E-state index in [0.29, 0.717) is 18.8 Å². The average molecular weight is 286 g/mol. The number of esters is 1. The Labute approximate surface area is 124 Å². The smallest absolute Gasteiger partial charge is 0.305 e. The van der Waals surface area contributed by atoms with E-state index >= 15 is 0 Å². The molecule has 0 fully saturated rings. The number of hydrogen-bond acceptors (Lipinski definition) is 3. The number of unbranched alkanes of at least 4 members (excludes halogenated alkanes) is 7. The number of thiol groups is 1. The maximum absolute atomic E-state index is 11.2.